The van der Waals surface area contributed by atoms with Gasteiger partial charge in [0.1, 0.15) is 18.4 Å². The van der Waals surface area contributed by atoms with Gasteiger partial charge < -0.3 is 19.7 Å². The van der Waals surface area contributed by atoms with Crippen LogP contribution in [-0.2, 0) is 26.2 Å². The van der Waals surface area contributed by atoms with E-state index in [1.807, 2.05) is 0 Å². The highest BCUT2D eigenvalue weighted by Gasteiger charge is 2.32. The first-order valence-corrected chi connectivity index (χ1v) is 13.1. The average Bonchev–Trinajstić information content (AvgIpc) is 2.94. The number of methoxy groups -OCH3 is 2. The third-order valence-electron chi connectivity index (χ3n) is 5.95. The van der Waals surface area contributed by atoms with Crippen molar-refractivity contribution in [3.63, 3.8) is 0 Å². The fourth-order valence-electron chi connectivity index (χ4n) is 3.81. The van der Waals surface area contributed by atoms with E-state index in [1.54, 1.807) is 30.3 Å². The van der Waals surface area contributed by atoms with Crippen LogP contribution in [0.15, 0.2) is 77.7 Å². The number of anilines is 1. The molecule has 202 valence electrons. The van der Waals surface area contributed by atoms with E-state index in [0.717, 1.165) is 4.31 Å². The second-order valence-electron chi connectivity index (χ2n) is 8.30. The van der Waals surface area contributed by atoms with Crippen LogP contribution in [0.1, 0.15) is 12.5 Å². The van der Waals surface area contributed by atoms with Gasteiger partial charge in [0.25, 0.3) is 10.0 Å². The number of ether oxygens (including phenoxy) is 2. The van der Waals surface area contributed by atoms with E-state index in [9.17, 15) is 22.4 Å². The van der Waals surface area contributed by atoms with Crippen molar-refractivity contribution in [3.05, 3.63) is 84.2 Å². The van der Waals surface area contributed by atoms with Gasteiger partial charge in [-0.3, -0.25) is 13.9 Å². The van der Waals surface area contributed by atoms with Gasteiger partial charge in [-0.2, -0.15) is 0 Å². The lowest BCUT2D eigenvalue weighted by molar-refractivity contribution is -0.139. The maximum Gasteiger partial charge on any atom is 0.264 e. The van der Waals surface area contributed by atoms with Gasteiger partial charge in [-0.05, 0) is 48.9 Å². The minimum absolute atomic E-state index is 0.0350. The summed E-state index contributed by atoms with van der Waals surface area (Å²) in [5, 5.41) is 2.51. The van der Waals surface area contributed by atoms with Gasteiger partial charge in [-0.15, -0.1) is 0 Å². The van der Waals surface area contributed by atoms with Crippen molar-refractivity contribution in [2.45, 2.75) is 24.4 Å². The Kier molecular flexibility index (Phi) is 9.30. The molecule has 0 aliphatic heterocycles. The van der Waals surface area contributed by atoms with Crippen molar-refractivity contribution < 1.29 is 31.9 Å². The quantitative estimate of drug-likeness (QED) is 0.398. The van der Waals surface area contributed by atoms with E-state index in [4.69, 9.17) is 9.47 Å². The molecule has 3 rings (SSSR count). The third kappa shape index (κ3) is 6.41. The molecule has 9 nitrogen and oxygen atoms in total. The molecule has 0 saturated carbocycles. The van der Waals surface area contributed by atoms with Gasteiger partial charge in [0.15, 0.2) is 11.5 Å². The molecule has 0 unspecified atom stereocenters. The first-order chi connectivity index (χ1) is 18.1. The van der Waals surface area contributed by atoms with Crippen LogP contribution in [0.4, 0.5) is 10.1 Å². The molecule has 1 N–H and O–H groups in total. The van der Waals surface area contributed by atoms with Crippen molar-refractivity contribution in [2.75, 3.05) is 32.1 Å². The summed E-state index contributed by atoms with van der Waals surface area (Å²) >= 11 is 0. The molecular formula is C27H30FN3O6S. The standard InChI is InChI=1S/C27H30FN3O6S/c1-19(27(33)29-2)30(17-20-10-12-21(28)13-11-20)26(32)18-31(22-8-6-5-7-9-22)38(34,35)23-14-15-24(36-3)25(16-23)37-4/h5-16,19H,17-18H2,1-4H3,(H,29,33)/t19-/m1/s1. The Labute approximate surface area is 221 Å². The number of nitrogens with zero attached hydrogens (tertiary/aromatic N) is 2. The SMILES string of the molecule is CNC(=O)[C@@H](C)N(Cc1ccc(F)cc1)C(=O)CN(c1ccccc1)S(=O)(=O)c1ccc(OC)c(OC)c1. The molecule has 1 atom stereocenters. The summed E-state index contributed by atoms with van der Waals surface area (Å²) in [5.41, 5.74) is 0.828. The first-order valence-electron chi connectivity index (χ1n) is 11.7. The van der Waals surface area contributed by atoms with Crippen molar-refractivity contribution in [3.8, 4) is 11.5 Å². The topological polar surface area (TPSA) is 105 Å². The smallest absolute Gasteiger partial charge is 0.264 e. The Bertz CT molecular complexity index is 1370. The Morgan fingerprint density at radius 2 is 1.58 bits per heavy atom. The molecule has 3 aromatic rings. The maximum absolute atomic E-state index is 13.9. The lowest BCUT2D eigenvalue weighted by atomic mass is 10.1. The van der Waals surface area contributed by atoms with E-state index < -0.39 is 40.2 Å². The zero-order chi connectivity index (χ0) is 27.9. The van der Waals surface area contributed by atoms with Gasteiger partial charge in [-0.25, -0.2) is 12.8 Å². The summed E-state index contributed by atoms with van der Waals surface area (Å²) in [6.45, 7) is 0.909. The first kappa shape index (κ1) is 28.5. The average molecular weight is 544 g/mol. The summed E-state index contributed by atoms with van der Waals surface area (Å²) in [5.74, 6) is -0.951. The number of nitrogens with one attached hydrogen (secondary N) is 1. The molecule has 0 bridgehead atoms. The van der Waals surface area contributed by atoms with Crippen LogP contribution in [0.25, 0.3) is 0 Å². The predicted octanol–water partition coefficient (Wildman–Crippen LogP) is 3.20. The van der Waals surface area contributed by atoms with E-state index in [2.05, 4.69) is 5.32 Å². The number of hydrogen-bond acceptors (Lipinski definition) is 6. The number of halogens is 1. The van der Waals surface area contributed by atoms with E-state index in [-0.39, 0.29) is 22.9 Å². The highest BCUT2D eigenvalue weighted by atomic mass is 32.2. The van der Waals surface area contributed by atoms with Crippen LogP contribution in [0, 0.1) is 5.82 Å². The predicted molar refractivity (Wildman–Crippen MR) is 141 cm³/mol. The van der Waals surface area contributed by atoms with Crippen molar-refractivity contribution in [1.82, 2.24) is 10.2 Å². The molecule has 0 heterocycles. The fraction of sp³-hybridized carbons (Fsp3) is 0.259. The molecule has 11 heteroatoms. The van der Waals surface area contributed by atoms with Gasteiger partial charge >= 0.3 is 0 Å². The van der Waals surface area contributed by atoms with E-state index >= 15 is 0 Å². The summed E-state index contributed by atoms with van der Waals surface area (Å²) in [6.07, 6.45) is 0. The van der Waals surface area contributed by atoms with Gasteiger partial charge in [0, 0.05) is 19.7 Å². The summed E-state index contributed by atoms with van der Waals surface area (Å²) < 4.78 is 52.6. The molecule has 0 radical (unpaired) electrons. The molecular weight excluding hydrogens is 513 g/mol. The van der Waals surface area contributed by atoms with Crippen molar-refractivity contribution in [1.29, 1.82) is 0 Å². The Morgan fingerprint density at radius 3 is 2.16 bits per heavy atom. The van der Waals surface area contributed by atoms with E-state index in [1.165, 1.54) is 75.6 Å². The number of hydrogen-bond donors (Lipinski definition) is 1. The number of para-hydroxylation sites is 1. The third-order valence-corrected chi connectivity index (χ3v) is 7.72. The Balaban J connectivity index is 2.03. The maximum atomic E-state index is 13.9. The molecule has 0 aliphatic carbocycles. The van der Waals surface area contributed by atoms with E-state index in [0.29, 0.717) is 11.3 Å². The second-order valence-corrected chi connectivity index (χ2v) is 10.2. The summed E-state index contributed by atoms with van der Waals surface area (Å²) in [7, 11) is -0.00454. The monoisotopic (exact) mass is 543 g/mol. The molecule has 0 aliphatic rings. The fourth-order valence-corrected chi connectivity index (χ4v) is 5.24. The lowest BCUT2D eigenvalue weighted by Crippen LogP contribution is -2.50. The molecule has 38 heavy (non-hydrogen) atoms. The van der Waals surface area contributed by atoms with Gasteiger partial charge in [0.2, 0.25) is 11.8 Å². The largest absolute Gasteiger partial charge is 0.493 e. The van der Waals surface area contributed by atoms with Crippen LogP contribution >= 0.6 is 0 Å². The van der Waals surface area contributed by atoms with Crippen LogP contribution in [-0.4, -0.2) is 59.0 Å². The number of rotatable bonds is 11. The van der Waals surface area contributed by atoms with Crippen molar-refractivity contribution >= 4 is 27.5 Å². The molecule has 0 aromatic heterocycles. The molecule has 3 aromatic carbocycles. The zero-order valence-electron chi connectivity index (χ0n) is 21.5. The molecule has 0 saturated heterocycles. The Hall–Kier alpha value is -4.12. The van der Waals surface area contributed by atoms with Gasteiger partial charge in [0.05, 0.1) is 24.8 Å². The number of carbonyl (C=O) groups is 2. The molecule has 0 spiro atoms. The highest BCUT2D eigenvalue weighted by molar-refractivity contribution is 7.92. The number of benzene rings is 3. The number of sulfonamides is 1. The number of amides is 2. The van der Waals surface area contributed by atoms with Gasteiger partial charge in [-0.1, -0.05) is 30.3 Å². The number of likely N-dealkylation sites (N-methyl/N-ethyl adjacent to an activating group) is 1. The minimum atomic E-state index is -4.27. The number of carbonyl (C=O) groups excluding carboxylic acids is 2. The molecule has 2 amide bonds. The summed E-state index contributed by atoms with van der Waals surface area (Å²) in [6, 6.07) is 16.9. The second kappa shape index (κ2) is 12.4. The zero-order valence-corrected chi connectivity index (χ0v) is 22.4. The van der Waals surface area contributed by atoms with Crippen LogP contribution < -0.4 is 19.1 Å². The van der Waals surface area contributed by atoms with Crippen LogP contribution in [0.5, 0.6) is 11.5 Å². The Morgan fingerprint density at radius 1 is 0.947 bits per heavy atom. The molecule has 0 fully saturated rings. The van der Waals surface area contributed by atoms with Crippen LogP contribution in [0.2, 0.25) is 0 Å². The summed E-state index contributed by atoms with van der Waals surface area (Å²) in [4.78, 5) is 27.3. The van der Waals surface area contributed by atoms with Crippen LogP contribution in [0.3, 0.4) is 0 Å². The van der Waals surface area contributed by atoms with Crippen molar-refractivity contribution in [2.24, 2.45) is 0 Å². The normalized spacial score (nSPS) is 11.8. The highest BCUT2D eigenvalue weighted by Crippen LogP contribution is 2.32. The minimum Gasteiger partial charge on any atom is -0.493 e. The lowest BCUT2D eigenvalue weighted by Gasteiger charge is -2.31.